The summed E-state index contributed by atoms with van der Waals surface area (Å²) in [7, 11) is 3.21. The number of hydrogen-bond donors (Lipinski definition) is 2. The van der Waals surface area contributed by atoms with Gasteiger partial charge in [0.2, 0.25) is 0 Å². The number of methoxy groups -OCH3 is 1. The van der Waals surface area contributed by atoms with E-state index in [9.17, 15) is 9.18 Å². The Morgan fingerprint density at radius 1 is 1.52 bits per heavy atom. The van der Waals surface area contributed by atoms with Crippen LogP contribution in [0.2, 0.25) is 0 Å². The van der Waals surface area contributed by atoms with Crippen LogP contribution in [0.25, 0.3) is 0 Å². The lowest BCUT2D eigenvalue weighted by molar-refractivity contribution is 0.0882. The predicted octanol–water partition coefficient (Wildman–Crippen LogP) is 2.08. The van der Waals surface area contributed by atoms with Gasteiger partial charge in [-0.1, -0.05) is 15.9 Å². The molecule has 1 amide bonds. The molecule has 8 heteroatoms. The van der Waals surface area contributed by atoms with Crippen LogP contribution in [0.1, 0.15) is 16.8 Å². The number of hydrogen-bond acceptors (Lipinski definition) is 3. The minimum Gasteiger partial charge on any atom is -0.385 e. The maximum Gasteiger partial charge on any atom is 0.272 e. The van der Waals surface area contributed by atoms with Crippen molar-refractivity contribution < 1.29 is 13.9 Å². The molecule has 0 aromatic heterocycles. The van der Waals surface area contributed by atoms with Crippen LogP contribution in [-0.4, -0.2) is 43.3 Å². The van der Waals surface area contributed by atoms with Crippen molar-refractivity contribution in [2.45, 2.75) is 6.42 Å². The first kappa shape index (κ1) is 17.8. The average Bonchev–Trinajstić information content (AvgIpc) is 2.45. The molecule has 1 aromatic carbocycles. The van der Waals surface area contributed by atoms with Gasteiger partial charge in [-0.2, -0.15) is 0 Å². The molecule has 0 saturated heterocycles. The van der Waals surface area contributed by atoms with Crippen molar-refractivity contribution in [2.75, 3.05) is 27.3 Å². The molecular formula is C13H17BrFN3O2S. The molecule has 0 atom stereocenters. The van der Waals surface area contributed by atoms with Crippen molar-refractivity contribution in [1.82, 2.24) is 15.8 Å². The third-order valence-corrected chi connectivity index (χ3v) is 3.46. The number of rotatable bonds is 5. The van der Waals surface area contributed by atoms with Gasteiger partial charge in [-0.05, 0) is 36.8 Å². The third-order valence-electron chi connectivity index (χ3n) is 2.55. The highest BCUT2D eigenvalue weighted by Crippen LogP contribution is 2.15. The monoisotopic (exact) mass is 377 g/mol. The van der Waals surface area contributed by atoms with Crippen LogP contribution in [0, 0.1) is 5.82 Å². The van der Waals surface area contributed by atoms with Crippen molar-refractivity contribution in [1.29, 1.82) is 0 Å². The Morgan fingerprint density at radius 2 is 2.24 bits per heavy atom. The summed E-state index contributed by atoms with van der Waals surface area (Å²) >= 11 is 8.31. The second-order valence-electron chi connectivity index (χ2n) is 4.20. The summed E-state index contributed by atoms with van der Waals surface area (Å²) < 4.78 is 19.1. The first-order valence-electron chi connectivity index (χ1n) is 6.22. The second kappa shape index (κ2) is 8.91. The Morgan fingerprint density at radius 3 is 2.90 bits per heavy atom. The number of benzene rings is 1. The van der Waals surface area contributed by atoms with Gasteiger partial charge < -0.3 is 10.1 Å². The molecule has 0 bridgehead atoms. The fourth-order valence-corrected chi connectivity index (χ4v) is 1.97. The van der Waals surface area contributed by atoms with Crippen LogP contribution in [0.4, 0.5) is 4.39 Å². The van der Waals surface area contributed by atoms with E-state index in [4.69, 9.17) is 17.0 Å². The molecule has 0 spiro atoms. The van der Waals surface area contributed by atoms with Gasteiger partial charge in [0.05, 0.1) is 5.56 Å². The van der Waals surface area contributed by atoms with Gasteiger partial charge in [0.25, 0.3) is 5.91 Å². The molecule has 1 aromatic rings. The van der Waals surface area contributed by atoms with Gasteiger partial charge in [0.15, 0.2) is 5.11 Å². The Balaban J connectivity index is 2.53. The summed E-state index contributed by atoms with van der Waals surface area (Å²) in [6.07, 6.45) is 0.790. The smallest absolute Gasteiger partial charge is 0.272 e. The number of hydrazine groups is 1. The second-order valence-corrected chi connectivity index (χ2v) is 5.50. The van der Waals surface area contributed by atoms with Gasteiger partial charge in [0.1, 0.15) is 5.82 Å². The van der Waals surface area contributed by atoms with Gasteiger partial charge in [-0.25, -0.2) is 4.39 Å². The Kier molecular flexibility index (Phi) is 7.55. The molecule has 2 N–H and O–H groups in total. The van der Waals surface area contributed by atoms with E-state index in [0.29, 0.717) is 22.7 Å². The number of nitrogens with zero attached hydrogens (tertiary/aromatic N) is 1. The van der Waals surface area contributed by atoms with E-state index in [1.54, 1.807) is 14.2 Å². The first-order chi connectivity index (χ1) is 9.95. The minimum atomic E-state index is -0.594. The lowest BCUT2D eigenvalue weighted by Crippen LogP contribution is -2.48. The number of thiocarbonyl (C=S) groups is 1. The van der Waals surface area contributed by atoms with E-state index < -0.39 is 11.7 Å². The molecule has 0 heterocycles. The van der Waals surface area contributed by atoms with Crippen molar-refractivity contribution in [2.24, 2.45) is 0 Å². The SMILES string of the molecule is COCCCNC(=S)N(C)NC(=O)c1cc(Br)ccc1F. The molecule has 0 unspecified atom stereocenters. The molecular weight excluding hydrogens is 361 g/mol. The normalized spacial score (nSPS) is 10.1. The van der Waals surface area contributed by atoms with Gasteiger partial charge in [-0.3, -0.25) is 15.2 Å². The number of amides is 1. The molecule has 21 heavy (non-hydrogen) atoms. The quantitative estimate of drug-likeness (QED) is 0.467. The van der Waals surface area contributed by atoms with Crippen molar-refractivity contribution in [3.8, 4) is 0 Å². The maximum atomic E-state index is 13.6. The maximum absolute atomic E-state index is 13.6. The molecule has 0 aliphatic rings. The summed E-state index contributed by atoms with van der Waals surface area (Å²) in [6.45, 7) is 1.24. The zero-order chi connectivity index (χ0) is 15.8. The molecule has 5 nitrogen and oxygen atoms in total. The predicted molar refractivity (Wildman–Crippen MR) is 86.4 cm³/mol. The fraction of sp³-hybridized carbons (Fsp3) is 0.385. The average molecular weight is 378 g/mol. The summed E-state index contributed by atoms with van der Waals surface area (Å²) in [5.74, 6) is -1.17. The summed E-state index contributed by atoms with van der Waals surface area (Å²) in [4.78, 5) is 12.0. The van der Waals surface area contributed by atoms with Gasteiger partial charge in [0, 0.05) is 31.8 Å². The van der Waals surface area contributed by atoms with Gasteiger partial charge >= 0.3 is 0 Å². The number of carbonyl (C=O) groups is 1. The third kappa shape index (κ3) is 5.94. The molecule has 0 aliphatic heterocycles. The molecule has 1 rings (SSSR count). The van der Waals surface area contributed by atoms with Crippen molar-refractivity contribution in [3.05, 3.63) is 34.1 Å². The summed E-state index contributed by atoms with van der Waals surface area (Å²) in [5, 5.41) is 4.64. The van der Waals surface area contributed by atoms with Crippen LogP contribution in [0.5, 0.6) is 0 Å². The van der Waals surface area contributed by atoms with Crippen LogP contribution in [-0.2, 0) is 4.74 Å². The standard InChI is InChI=1S/C13H17BrFN3O2S/c1-18(13(21)16-6-3-7-20-2)17-12(19)10-8-9(14)4-5-11(10)15/h4-5,8H,3,6-7H2,1-2H3,(H,16,21)(H,17,19). The fourth-order valence-electron chi connectivity index (χ4n) is 1.47. The van der Waals surface area contributed by atoms with E-state index in [1.807, 2.05) is 0 Å². The number of halogens is 2. The topological polar surface area (TPSA) is 53.6 Å². The zero-order valence-electron chi connectivity index (χ0n) is 11.8. The highest BCUT2D eigenvalue weighted by Gasteiger charge is 2.14. The minimum absolute atomic E-state index is 0.0570. The number of carbonyl (C=O) groups excluding carboxylic acids is 1. The van der Waals surface area contributed by atoms with E-state index in [0.717, 1.165) is 6.42 Å². The largest absolute Gasteiger partial charge is 0.385 e. The molecule has 0 saturated carbocycles. The highest BCUT2D eigenvalue weighted by molar-refractivity contribution is 9.10. The number of ether oxygens (including phenoxy) is 1. The summed E-state index contributed by atoms with van der Waals surface area (Å²) in [5.41, 5.74) is 2.45. The Hall–Kier alpha value is -1.25. The summed E-state index contributed by atoms with van der Waals surface area (Å²) in [6, 6.07) is 4.16. The molecule has 0 radical (unpaired) electrons. The van der Waals surface area contributed by atoms with E-state index in [-0.39, 0.29) is 5.56 Å². The van der Waals surface area contributed by atoms with E-state index in [2.05, 4.69) is 26.7 Å². The van der Waals surface area contributed by atoms with Crippen LogP contribution in [0.15, 0.2) is 22.7 Å². The Bertz CT molecular complexity index is 516. The molecule has 0 aliphatic carbocycles. The van der Waals surface area contributed by atoms with Crippen molar-refractivity contribution >= 4 is 39.2 Å². The molecule has 0 fully saturated rings. The van der Waals surface area contributed by atoms with Gasteiger partial charge in [-0.15, -0.1) is 0 Å². The Labute approximate surface area is 136 Å². The van der Waals surface area contributed by atoms with Crippen LogP contribution < -0.4 is 10.7 Å². The van der Waals surface area contributed by atoms with Crippen LogP contribution >= 0.6 is 28.1 Å². The van der Waals surface area contributed by atoms with Crippen molar-refractivity contribution in [3.63, 3.8) is 0 Å². The molecule has 116 valence electrons. The van der Waals surface area contributed by atoms with E-state index >= 15 is 0 Å². The van der Waals surface area contributed by atoms with Crippen LogP contribution in [0.3, 0.4) is 0 Å². The number of nitrogens with one attached hydrogen (secondary N) is 2. The first-order valence-corrected chi connectivity index (χ1v) is 7.42. The zero-order valence-corrected chi connectivity index (χ0v) is 14.2. The highest BCUT2D eigenvalue weighted by atomic mass is 79.9. The van der Waals surface area contributed by atoms with E-state index in [1.165, 1.54) is 23.2 Å². The lowest BCUT2D eigenvalue weighted by atomic mass is 10.2. The lowest BCUT2D eigenvalue weighted by Gasteiger charge is -2.21.